The van der Waals surface area contributed by atoms with Gasteiger partial charge in [-0.3, -0.25) is 0 Å². The van der Waals surface area contributed by atoms with E-state index in [2.05, 4.69) is 5.32 Å². The Morgan fingerprint density at radius 2 is 2.00 bits per heavy atom. The molecule has 0 aliphatic heterocycles. The summed E-state index contributed by atoms with van der Waals surface area (Å²) in [6, 6.07) is 3.31. The number of carboxylic acids is 1. The molecule has 0 radical (unpaired) electrons. The second-order valence-electron chi connectivity index (χ2n) is 6.24. The van der Waals surface area contributed by atoms with Gasteiger partial charge in [-0.25, -0.2) is 14.0 Å². The fourth-order valence-electron chi connectivity index (χ4n) is 1.66. The minimum Gasteiger partial charge on any atom is -0.492 e. The summed E-state index contributed by atoms with van der Waals surface area (Å²) < 4.78 is 23.6. The molecule has 0 aliphatic carbocycles. The lowest BCUT2D eigenvalue weighted by Gasteiger charge is -2.21. The van der Waals surface area contributed by atoms with Crippen molar-refractivity contribution in [2.45, 2.75) is 33.3 Å². The second kappa shape index (κ2) is 7.80. The van der Waals surface area contributed by atoms with E-state index in [0.29, 0.717) is 6.54 Å². The lowest BCUT2D eigenvalue weighted by Crippen LogP contribution is -2.35. The van der Waals surface area contributed by atoms with Gasteiger partial charge < -0.3 is 19.9 Å². The summed E-state index contributed by atoms with van der Waals surface area (Å²) in [5.41, 5.74) is -0.814. The summed E-state index contributed by atoms with van der Waals surface area (Å²) in [4.78, 5) is 22.6. The Kier molecular flexibility index (Phi) is 6.36. The maximum atomic E-state index is 13.1. The van der Waals surface area contributed by atoms with Crippen LogP contribution >= 0.6 is 0 Å². The van der Waals surface area contributed by atoms with Crippen LogP contribution in [-0.2, 0) is 4.74 Å². The van der Waals surface area contributed by atoms with Crippen molar-refractivity contribution in [2.24, 2.45) is 5.92 Å². The van der Waals surface area contributed by atoms with Gasteiger partial charge in [-0.05, 0) is 39.0 Å². The molecular weight excluding hydrogens is 305 g/mol. The first-order chi connectivity index (χ1) is 10.6. The summed E-state index contributed by atoms with van der Waals surface area (Å²) in [5, 5.41) is 11.6. The van der Waals surface area contributed by atoms with Crippen LogP contribution in [0.15, 0.2) is 18.2 Å². The van der Waals surface area contributed by atoms with E-state index in [9.17, 15) is 14.0 Å². The number of hydrogen-bond acceptors (Lipinski definition) is 4. The second-order valence-corrected chi connectivity index (χ2v) is 6.24. The summed E-state index contributed by atoms with van der Waals surface area (Å²) in [5.74, 6) is -1.91. The van der Waals surface area contributed by atoms with Crippen LogP contribution in [0.1, 0.15) is 38.1 Å². The number of benzene rings is 1. The van der Waals surface area contributed by atoms with Gasteiger partial charge in [-0.1, -0.05) is 6.92 Å². The van der Waals surface area contributed by atoms with Crippen molar-refractivity contribution in [2.75, 3.05) is 13.2 Å². The van der Waals surface area contributed by atoms with Gasteiger partial charge in [0, 0.05) is 12.5 Å². The molecule has 2 N–H and O–H groups in total. The third-order valence-corrected chi connectivity index (χ3v) is 2.69. The Balaban J connectivity index is 2.49. The topological polar surface area (TPSA) is 84.9 Å². The molecule has 128 valence electrons. The highest BCUT2D eigenvalue weighted by atomic mass is 19.1. The number of carboxylic acid groups (broad SMARTS) is 1. The van der Waals surface area contributed by atoms with Crippen molar-refractivity contribution in [1.82, 2.24) is 5.32 Å². The summed E-state index contributed by atoms with van der Waals surface area (Å²) >= 11 is 0. The third-order valence-electron chi connectivity index (χ3n) is 2.69. The van der Waals surface area contributed by atoms with Crippen LogP contribution in [0.5, 0.6) is 5.75 Å². The Morgan fingerprint density at radius 3 is 2.57 bits per heavy atom. The van der Waals surface area contributed by atoms with E-state index in [1.54, 1.807) is 20.8 Å². The lowest BCUT2D eigenvalue weighted by atomic mass is 10.2. The zero-order valence-electron chi connectivity index (χ0n) is 13.7. The average Bonchev–Trinajstić information content (AvgIpc) is 2.41. The molecule has 1 rings (SSSR count). The van der Waals surface area contributed by atoms with Gasteiger partial charge in [0.1, 0.15) is 22.7 Å². The van der Waals surface area contributed by atoms with Gasteiger partial charge >= 0.3 is 12.1 Å². The number of halogens is 1. The predicted molar refractivity (Wildman–Crippen MR) is 82.3 cm³/mol. The smallest absolute Gasteiger partial charge is 0.407 e. The van der Waals surface area contributed by atoms with E-state index in [1.807, 2.05) is 6.92 Å². The normalized spacial score (nSPS) is 12.4. The molecule has 1 aromatic carbocycles. The molecule has 1 aromatic rings. The number of alkyl carbamates (subject to hydrolysis) is 1. The van der Waals surface area contributed by atoms with E-state index < -0.39 is 23.5 Å². The molecule has 0 spiro atoms. The quantitative estimate of drug-likeness (QED) is 0.839. The maximum Gasteiger partial charge on any atom is 0.407 e. The number of carbonyl (C=O) groups is 2. The van der Waals surface area contributed by atoms with Gasteiger partial charge in [0.15, 0.2) is 0 Å². The van der Waals surface area contributed by atoms with Crippen LogP contribution in [0.2, 0.25) is 0 Å². The molecule has 1 amide bonds. The van der Waals surface area contributed by atoms with Crippen molar-refractivity contribution < 1.29 is 28.6 Å². The Hall–Kier alpha value is -2.31. The lowest BCUT2D eigenvalue weighted by molar-refractivity contribution is 0.0516. The van der Waals surface area contributed by atoms with Crippen molar-refractivity contribution >= 4 is 12.1 Å². The van der Waals surface area contributed by atoms with Crippen molar-refractivity contribution in [3.8, 4) is 5.75 Å². The molecule has 23 heavy (non-hydrogen) atoms. The van der Waals surface area contributed by atoms with Gasteiger partial charge in [-0.2, -0.15) is 0 Å². The van der Waals surface area contributed by atoms with Crippen LogP contribution in [0.4, 0.5) is 9.18 Å². The molecule has 0 saturated heterocycles. The molecule has 1 atom stereocenters. The Labute approximate surface area is 134 Å². The molecule has 0 saturated carbocycles. The van der Waals surface area contributed by atoms with Gasteiger partial charge in [0.2, 0.25) is 0 Å². The van der Waals surface area contributed by atoms with Crippen LogP contribution < -0.4 is 10.1 Å². The van der Waals surface area contributed by atoms with Crippen LogP contribution in [-0.4, -0.2) is 35.9 Å². The maximum absolute atomic E-state index is 13.1. The summed E-state index contributed by atoms with van der Waals surface area (Å²) in [6.45, 7) is 7.59. The fourth-order valence-corrected chi connectivity index (χ4v) is 1.66. The standard InChI is InChI=1S/C16H22FNO5/c1-10(8-18-15(21)23-16(2,3)4)9-22-13-6-5-11(17)7-12(13)14(19)20/h5-7,10H,8-9H2,1-4H3,(H,18,21)(H,19,20). The molecule has 6 nitrogen and oxygen atoms in total. The highest BCUT2D eigenvalue weighted by Gasteiger charge is 2.17. The number of carbonyl (C=O) groups excluding carboxylic acids is 1. The van der Waals surface area contributed by atoms with Gasteiger partial charge in [0.25, 0.3) is 0 Å². The monoisotopic (exact) mass is 327 g/mol. The number of hydrogen-bond donors (Lipinski definition) is 2. The number of ether oxygens (including phenoxy) is 2. The van der Waals surface area contributed by atoms with E-state index in [-0.39, 0.29) is 23.8 Å². The Morgan fingerprint density at radius 1 is 1.35 bits per heavy atom. The van der Waals surface area contributed by atoms with Crippen LogP contribution in [0, 0.1) is 11.7 Å². The Bertz CT molecular complexity index is 568. The average molecular weight is 327 g/mol. The number of aromatic carboxylic acids is 1. The highest BCUT2D eigenvalue weighted by molar-refractivity contribution is 5.90. The van der Waals surface area contributed by atoms with Gasteiger partial charge in [-0.15, -0.1) is 0 Å². The van der Waals surface area contributed by atoms with Crippen molar-refractivity contribution in [3.63, 3.8) is 0 Å². The summed E-state index contributed by atoms with van der Waals surface area (Å²) in [7, 11) is 0. The highest BCUT2D eigenvalue weighted by Crippen LogP contribution is 2.20. The molecule has 0 aromatic heterocycles. The SMILES string of the molecule is CC(CNC(=O)OC(C)(C)C)COc1ccc(F)cc1C(=O)O. The molecule has 0 fully saturated rings. The first kappa shape index (κ1) is 18.7. The number of nitrogens with one attached hydrogen (secondary N) is 1. The first-order valence-corrected chi connectivity index (χ1v) is 7.21. The van der Waals surface area contributed by atoms with Crippen LogP contribution in [0.25, 0.3) is 0 Å². The number of amides is 1. The van der Waals surface area contributed by atoms with Crippen molar-refractivity contribution in [1.29, 1.82) is 0 Å². The van der Waals surface area contributed by atoms with E-state index in [4.69, 9.17) is 14.6 Å². The molecule has 0 bridgehead atoms. The minimum atomic E-state index is -1.26. The third kappa shape index (κ3) is 6.99. The molecule has 0 aliphatic rings. The van der Waals surface area contributed by atoms with E-state index in [1.165, 1.54) is 6.07 Å². The molecular formula is C16H22FNO5. The zero-order chi connectivity index (χ0) is 17.6. The summed E-state index contributed by atoms with van der Waals surface area (Å²) in [6.07, 6.45) is -0.530. The van der Waals surface area contributed by atoms with Gasteiger partial charge in [0.05, 0.1) is 6.61 Å². The van der Waals surface area contributed by atoms with Crippen molar-refractivity contribution in [3.05, 3.63) is 29.6 Å². The molecule has 7 heteroatoms. The first-order valence-electron chi connectivity index (χ1n) is 7.21. The number of rotatable bonds is 6. The molecule has 1 unspecified atom stereocenters. The van der Waals surface area contributed by atoms with E-state index in [0.717, 1.165) is 12.1 Å². The fraction of sp³-hybridized carbons (Fsp3) is 0.500. The molecule has 0 heterocycles. The zero-order valence-corrected chi connectivity index (χ0v) is 13.7. The van der Waals surface area contributed by atoms with E-state index >= 15 is 0 Å². The minimum absolute atomic E-state index is 0.0861. The van der Waals surface area contributed by atoms with Crippen LogP contribution in [0.3, 0.4) is 0 Å². The largest absolute Gasteiger partial charge is 0.492 e. The predicted octanol–water partition coefficient (Wildman–Crippen LogP) is 3.06.